The van der Waals surface area contributed by atoms with Crippen LogP contribution in [-0.2, 0) is 0 Å². The number of alkyl halides is 1. The molecule has 3 heterocycles. The maximum Gasteiger partial charge on any atom is 0.150 e. The molecule has 1 aromatic heterocycles. The van der Waals surface area contributed by atoms with Gasteiger partial charge < -0.3 is 4.90 Å². The van der Waals surface area contributed by atoms with Gasteiger partial charge in [0.1, 0.15) is 0 Å². The molecule has 2 saturated heterocycles. The van der Waals surface area contributed by atoms with Gasteiger partial charge in [0.25, 0.3) is 0 Å². The molecule has 1 aromatic rings. The Labute approximate surface area is 101 Å². The molecule has 3 rings (SSSR count). The highest BCUT2D eigenvalue weighted by Gasteiger charge is 2.41. The van der Waals surface area contributed by atoms with Crippen LogP contribution in [0.1, 0.15) is 31.4 Å². The molecule has 16 heavy (non-hydrogen) atoms. The van der Waals surface area contributed by atoms with Crippen molar-refractivity contribution in [3.05, 3.63) is 18.1 Å². The van der Waals surface area contributed by atoms with E-state index in [-0.39, 0.29) is 0 Å². The largest absolute Gasteiger partial charge is 0.349 e. The molecule has 0 radical (unpaired) electrons. The van der Waals surface area contributed by atoms with Gasteiger partial charge in [-0.25, -0.2) is 4.98 Å². The molecular weight excluding hydrogens is 222 g/mol. The minimum Gasteiger partial charge on any atom is -0.349 e. The van der Waals surface area contributed by atoms with Gasteiger partial charge in [-0.1, -0.05) is 0 Å². The van der Waals surface area contributed by atoms with E-state index in [1.165, 1.54) is 12.8 Å². The standard InChI is InChI=1S/C12H16ClN3/c1-8-12(15-5-4-14-8)16-10-2-3-11(16)7-9(13)6-10/h4-5,9-11H,2-3,6-7H2,1H3. The van der Waals surface area contributed by atoms with E-state index in [0.29, 0.717) is 17.5 Å². The lowest BCUT2D eigenvalue weighted by molar-refractivity contribution is 0.469. The van der Waals surface area contributed by atoms with Crippen LogP contribution in [0.3, 0.4) is 0 Å². The summed E-state index contributed by atoms with van der Waals surface area (Å²) in [5.74, 6) is 1.07. The van der Waals surface area contributed by atoms with E-state index in [4.69, 9.17) is 11.6 Å². The molecule has 86 valence electrons. The average molecular weight is 238 g/mol. The molecular formula is C12H16ClN3. The molecule has 0 N–H and O–H groups in total. The van der Waals surface area contributed by atoms with E-state index < -0.39 is 0 Å². The van der Waals surface area contributed by atoms with Crippen molar-refractivity contribution in [1.82, 2.24) is 9.97 Å². The number of piperidine rings is 1. The lowest BCUT2D eigenvalue weighted by atomic mass is 10.0. The zero-order chi connectivity index (χ0) is 11.1. The first-order valence-corrected chi connectivity index (χ1v) is 6.39. The van der Waals surface area contributed by atoms with E-state index in [0.717, 1.165) is 24.4 Å². The number of hydrogen-bond acceptors (Lipinski definition) is 3. The summed E-state index contributed by atoms with van der Waals surface area (Å²) in [5.41, 5.74) is 1.03. The lowest BCUT2D eigenvalue weighted by Crippen LogP contribution is -2.44. The predicted molar refractivity (Wildman–Crippen MR) is 64.9 cm³/mol. The number of halogens is 1. The summed E-state index contributed by atoms with van der Waals surface area (Å²) in [4.78, 5) is 11.3. The molecule has 0 spiro atoms. The Hall–Kier alpha value is -0.830. The number of anilines is 1. The van der Waals surface area contributed by atoms with Crippen molar-refractivity contribution >= 4 is 17.4 Å². The zero-order valence-corrected chi connectivity index (χ0v) is 10.2. The summed E-state index contributed by atoms with van der Waals surface area (Å²) in [7, 11) is 0. The minimum absolute atomic E-state index is 0.353. The smallest absolute Gasteiger partial charge is 0.150 e. The SMILES string of the molecule is Cc1nccnc1N1C2CCC1CC(Cl)C2. The zero-order valence-electron chi connectivity index (χ0n) is 9.43. The van der Waals surface area contributed by atoms with Crippen LogP contribution in [0.25, 0.3) is 0 Å². The molecule has 3 nitrogen and oxygen atoms in total. The van der Waals surface area contributed by atoms with Gasteiger partial charge in [-0.2, -0.15) is 0 Å². The first-order valence-electron chi connectivity index (χ1n) is 5.95. The second-order valence-electron chi connectivity index (χ2n) is 4.83. The fourth-order valence-electron chi connectivity index (χ4n) is 3.11. The molecule has 0 amide bonds. The Bertz CT molecular complexity index is 382. The Morgan fingerprint density at radius 3 is 2.44 bits per heavy atom. The molecule has 2 aliphatic heterocycles. The fraction of sp³-hybridized carbons (Fsp3) is 0.667. The minimum atomic E-state index is 0.353. The van der Waals surface area contributed by atoms with E-state index in [1.807, 2.05) is 6.92 Å². The topological polar surface area (TPSA) is 29.0 Å². The fourth-order valence-corrected chi connectivity index (χ4v) is 3.52. The number of fused-ring (bicyclic) bond motifs is 2. The molecule has 2 aliphatic rings. The third-order valence-corrected chi connectivity index (χ3v) is 4.13. The highest BCUT2D eigenvalue weighted by atomic mass is 35.5. The third-order valence-electron chi connectivity index (χ3n) is 3.78. The summed E-state index contributed by atoms with van der Waals surface area (Å²) < 4.78 is 0. The number of aromatic nitrogens is 2. The molecule has 2 bridgehead atoms. The number of rotatable bonds is 1. The predicted octanol–water partition coefficient (Wildman–Crippen LogP) is 2.52. The quantitative estimate of drug-likeness (QED) is 0.703. The second-order valence-corrected chi connectivity index (χ2v) is 5.44. The summed E-state index contributed by atoms with van der Waals surface area (Å²) in [6.45, 7) is 2.04. The van der Waals surface area contributed by atoms with Crippen LogP contribution >= 0.6 is 11.6 Å². The third kappa shape index (κ3) is 1.58. The van der Waals surface area contributed by atoms with Crippen molar-refractivity contribution in [2.45, 2.75) is 50.1 Å². The maximum absolute atomic E-state index is 6.28. The maximum atomic E-state index is 6.28. The molecule has 2 unspecified atom stereocenters. The first-order chi connectivity index (χ1) is 7.75. The Balaban J connectivity index is 1.94. The molecule has 2 atom stereocenters. The van der Waals surface area contributed by atoms with Crippen LogP contribution < -0.4 is 4.90 Å². The molecule has 0 aliphatic carbocycles. The van der Waals surface area contributed by atoms with Gasteiger partial charge in [0.05, 0.1) is 5.69 Å². The number of nitrogens with zero attached hydrogens (tertiary/aromatic N) is 3. The normalized spacial score (nSPS) is 33.1. The van der Waals surface area contributed by atoms with Crippen LogP contribution in [-0.4, -0.2) is 27.4 Å². The van der Waals surface area contributed by atoms with E-state index >= 15 is 0 Å². The molecule has 0 saturated carbocycles. The summed E-state index contributed by atoms with van der Waals surface area (Å²) in [6.07, 6.45) is 8.24. The van der Waals surface area contributed by atoms with Gasteiger partial charge in [-0.15, -0.1) is 11.6 Å². The van der Waals surface area contributed by atoms with Crippen LogP contribution in [0, 0.1) is 6.92 Å². The summed E-state index contributed by atoms with van der Waals surface area (Å²) in [6, 6.07) is 1.16. The van der Waals surface area contributed by atoms with Gasteiger partial charge >= 0.3 is 0 Å². The second kappa shape index (κ2) is 3.88. The van der Waals surface area contributed by atoms with Crippen molar-refractivity contribution in [1.29, 1.82) is 0 Å². The van der Waals surface area contributed by atoms with Crippen LogP contribution in [0.4, 0.5) is 5.82 Å². The van der Waals surface area contributed by atoms with Crippen molar-refractivity contribution in [3.63, 3.8) is 0 Å². The van der Waals surface area contributed by atoms with Crippen LogP contribution in [0.5, 0.6) is 0 Å². The van der Waals surface area contributed by atoms with E-state index in [1.54, 1.807) is 12.4 Å². The highest BCUT2D eigenvalue weighted by Crippen LogP contribution is 2.40. The Morgan fingerprint density at radius 2 is 1.81 bits per heavy atom. The Morgan fingerprint density at radius 1 is 1.19 bits per heavy atom. The van der Waals surface area contributed by atoms with Gasteiger partial charge in [0.15, 0.2) is 5.82 Å². The van der Waals surface area contributed by atoms with Gasteiger partial charge in [0.2, 0.25) is 0 Å². The van der Waals surface area contributed by atoms with Gasteiger partial charge in [-0.3, -0.25) is 4.98 Å². The van der Waals surface area contributed by atoms with E-state index in [9.17, 15) is 0 Å². The summed E-state index contributed by atoms with van der Waals surface area (Å²) >= 11 is 6.28. The lowest BCUT2D eigenvalue weighted by Gasteiger charge is -2.38. The number of hydrogen-bond donors (Lipinski definition) is 0. The van der Waals surface area contributed by atoms with Crippen molar-refractivity contribution in [2.24, 2.45) is 0 Å². The van der Waals surface area contributed by atoms with E-state index in [2.05, 4.69) is 14.9 Å². The van der Waals surface area contributed by atoms with Crippen LogP contribution in [0.2, 0.25) is 0 Å². The van der Waals surface area contributed by atoms with Crippen molar-refractivity contribution in [2.75, 3.05) is 4.90 Å². The molecule has 4 heteroatoms. The van der Waals surface area contributed by atoms with Gasteiger partial charge in [0, 0.05) is 29.9 Å². The first kappa shape index (κ1) is 10.3. The van der Waals surface area contributed by atoms with Crippen LogP contribution in [0.15, 0.2) is 12.4 Å². The highest BCUT2D eigenvalue weighted by molar-refractivity contribution is 6.20. The van der Waals surface area contributed by atoms with Gasteiger partial charge in [-0.05, 0) is 32.6 Å². The molecule has 0 aromatic carbocycles. The Kier molecular flexibility index (Phi) is 2.51. The number of aryl methyl sites for hydroxylation is 1. The molecule has 2 fully saturated rings. The van der Waals surface area contributed by atoms with Crippen molar-refractivity contribution in [3.8, 4) is 0 Å². The average Bonchev–Trinajstić information content (AvgIpc) is 2.53. The van der Waals surface area contributed by atoms with Crippen molar-refractivity contribution < 1.29 is 0 Å². The monoisotopic (exact) mass is 237 g/mol. The summed E-state index contributed by atoms with van der Waals surface area (Å²) in [5, 5.41) is 0.353.